The Hall–Kier alpha value is -2.83. The van der Waals surface area contributed by atoms with Crippen LogP contribution in [0.1, 0.15) is 149 Å². The largest absolute Gasteiger partial charge is 1.00 e. The Kier molecular flexibility index (Phi) is 10.6. The second kappa shape index (κ2) is 14.0. The predicted octanol–water partition coefficient (Wildman–Crippen LogP) is 7.48. The van der Waals surface area contributed by atoms with Crippen LogP contribution in [0.2, 0.25) is 0 Å². The maximum atomic E-state index is 2.67. The number of allylic oxidation sites excluding steroid dienone is 8. The number of fused-ring (bicyclic) bond motifs is 5. The molecule has 0 radical (unpaired) electrons. The third-order valence-corrected chi connectivity index (χ3v) is 20.7. The maximum absolute atomic E-state index is 2.88. The topological polar surface area (TPSA) is 0 Å². The second-order valence-corrected chi connectivity index (χ2v) is 25.5. The minimum atomic E-state index is -2.88. The summed E-state index contributed by atoms with van der Waals surface area (Å²) in [7, 11) is 0. The summed E-state index contributed by atoms with van der Waals surface area (Å²) < 4.78 is 3.71. The first-order valence-corrected chi connectivity index (χ1v) is 23.3. The number of rotatable bonds is 4. The van der Waals surface area contributed by atoms with Crippen molar-refractivity contribution in [2.75, 3.05) is 0 Å². The molecular formula is C51H56Cl2Zr. The Labute approximate surface area is 345 Å². The Bertz CT molecular complexity index is 2180. The van der Waals surface area contributed by atoms with Gasteiger partial charge in [-0.1, -0.05) is 0 Å². The van der Waals surface area contributed by atoms with Gasteiger partial charge in [-0.15, -0.1) is 0 Å². The van der Waals surface area contributed by atoms with Crippen molar-refractivity contribution in [2.24, 2.45) is 0 Å². The first-order valence-electron chi connectivity index (χ1n) is 19.4. The van der Waals surface area contributed by atoms with Gasteiger partial charge in [-0.05, 0) is 0 Å². The summed E-state index contributed by atoms with van der Waals surface area (Å²) in [5.41, 5.74) is 20.7. The van der Waals surface area contributed by atoms with Gasteiger partial charge in [0.2, 0.25) is 0 Å². The van der Waals surface area contributed by atoms with E-state index in [1.165, 1.54) is 66.8 Å². The van der Waals surface area contributed by atoms with Crippen LogP contribution in [0.15, 0.2) is 106 Å². The first-order chi connectivity index (χ1) is 24.3. The van der Waals surface area contributed by atoms with Crippen LogP contribution in [0, 0.1) is 0 Å². The second-order valence-electron chi connectivity index (χ2n) is 19.3. The van der Waals surface area contributed by atoms with Crippen LogP contribution >= 0.6 is 0 Å². The van der Waals surface area contributed by atoms with Gasteiger partial charge >= 0.3 is 324 Å². The van der Waals surface area contributed by atoms with Gasteiger partial charge in [0, 0.05) is 0 Å². The molecule has 4 aromatic carbocycles. The molecule has 0 spiro atoms. The van der Waals surface area contributed by atoms with E-state index in [-0.39, 0.29) is 46.5 Å². The van der Waals surface area contributed by atoms with Crippen molar-refractivity contribution in [3.8, 4) is 11.1 Å². The van der Waals surface area contributed by atoms with Gasteiger partial charge in [0.15, 0.2) is 0 Å². The van der Waals surface area contributed by atoms with Crippen molar-refractivity contribution in [3.05, 3.63) is 162 Å². The number of hydrogen-bond donors (Lipinski definition) is 0. The molecule has 0 atom stereocenters. The molecule has 0 aromatic heterocycles. The predicted molar refractivity (Wildman–Crippen MR) is 222 cm³/mol. The molecule has 0 amide bonds. The molecule has 0 fully saturated rings. The standard InChI is InChI=1S/C25H25.C21H26.C5H5.2ClH.Zr/c1-14-12-24(3,4)22-8-16-7-17-9-23-19(15(2)13-25(23,5)6)11-21(17)20(16)10-18(14)22;1-20(2,3)18-11-7-16(8-12-18)15-17-9-13-19(14-10-17)21(4,5)6;1-2-4-5-3-1;;;/h7-13H,1-6H3;7-14H,1-6H3;1-3H,4H2;2*1H;/q;;;;;+2/p-2. The van der Waals surface area contributed by atoms with Crippen LogP contribution in [0.3, 0.4) is 0 Å². The van der Waals surface area contributed by atoms with Gasteiger partial charge in [-0.3, -0.25) is 0 Å². The van der Waals surface area contributed by atoms with Crippen molar-refractivity contribution in [1.29, 1.82) is 0 Å². The summed E-state index contributed by atoms with van der Waals surface area (Å²) in [5, 5.41) is 0. The molecule has 0 bridgehead atoms. The molecule has 0 saturated heterocycles. The maximum Gasteiger partial charge on any atom is -1.00 e. The quantitative estimate of drug-likeness (QED) is 0.200. The van der Waals surface area contributed by atoms with Crippen LogP contribution < -0.4 is 24.8 Å². The van der Waals surface area contributed by atoms with Gasteiger partial charge in [0.1, 0.15) is 0 Å². The van der Waals surface area contributed by atoms with E-state index in [9.17, 15) is 0 Å². The molecule has 0 nitrogen and oxygen atoms in total. The van der Waals surface area contributed by atoms with Crippen molar-refractivity contribution >= 4 is 14.4 Å². The summed E-state index contributed by atoms with van der Waals surface area (Å²) in [4.78, 5) is 0. The van der Waals surface area contributed by atoms with E-state index in [4.69, 9.17) is 0 Å². The van der Waals surface area contributed by atoms with Crippen LogP contribution in [0.4, 0.5) is 0 Å². The van der Waals surface area contributed by atoms with E-state index in [1.54, 1.807) is 17.6 Å². The molecular weight excluding hydrogens is 775 g/mol. The minimum absolute atomic E-state index is 0. The van der Waals surface area contributed by atoms with Crippen LogP contribution in [-0.4, -0.2) is 3.21 Å². The molecule has 0 saturated carbocycles. The number of halogens is 2. The van der Waals surface area contributed by atoms with E-state index < -0.39 is 21.3 Å². The smallest absolute Gasteiger partial charge is 1.00 e. The van der Waals surface area contributed by atoms with Gasteiger partial charge in [-0.25, -0.2) is 0 Å². The van der Waals surface area contributed by atoms with Crippen LogP contribution in [0.5, 0.6) is 0 Å². The molecule has 4 aliphatic carbocycles. The fourth-order valence-corrected chi connectivity index (χ4v) is 18.6. The Balaban J connectivity index is 0.00000249. The zero-order chi connectivity index (χ0) is 37.1. The summed E-state index contributed by atoms with van der Waals surface area (Å²) >= 11 is -2.88. The molecule has 3 heteroatoms. The van der Waals surface area contributed by atoms with Gasteiger partial charge in [0.05, 0.1) is 0 Å². The first kappa shape index (κ1) is 40.8. The minimum Gasteiger partial charge on any atom is -1.00 e. The summed E-state index contributed by atoms with van der Waals surface area (Å²) in [6.07, 6.45) is 13.3. The van der Waals surface area contributed by atoms with Crippen LogP contribution in [0.25, 0.3) is 22.3 Å². The van der Waals surface area contributed by atoms with Gasteiger partial charge < -0.3 is 24.8 Å². The molecule has 8 rings (SSSR count). The van der Waals surface area contributed by atoms with E-state index in [0.29, 0.717) is 3.63 Å². The molecule has 0 aliphatic heterocycles. The summed E-state index contributed by atoms with van der Waals surface area (Å²) in [6, 6.07) is 30.0. The summed E-state index contributed by atoms with van der Waals surface area (Å²) in [5.74, 6) is 0. The average molecular weight is 831 g/mol. The Morgan fingerprint density at radius 3 is 1.35 bits per heavy atom. The monoisotopic (exact) mass is 828 g/mol. The van der Waals surface area contributed by atoms with Crippen molar-refractivity contribution in [3.63, 3.8) is 0 Å². The average Bonchev–Trinajstić information content (AvgIpc) is 3.81. The van der Waals surface area contributed by atoms with Crippen molar-refractivity contribution in [1.82, 2.24) is 0 Å². The molecule has 278 valence electrons. The fourth-order valence-electron chi connectivity index (χ4n) is 9.66. The zero-order valence-electron chi connectivity index (χ0n) is 34.4. The van der Waals surface area contributed by atoms with E-state index in [1.807, 2.05) is 0 Å². The number of benzene rings is 4. The van der Waals surface area contributed by atoms with Gasteiger partial charge in [0.25, 0.3) is 0 Å². The third-order valence-electron chi connectivity index (χ3n) is 12.4. The SMILES string of the molecule is CC1=CC(C)(C)c2cc3c(cc21)-c1cc2c(cc1[CH]3[Zr+2]([C]1=CC=CC1)=[C](c1ccc(C(C)(C)C)cc1)c1ccc(C(C)(C)C)cc1)C(C)(C)C=C2C.[Cl-].[Cl-]. The number of hydrogen-bond acceptors (Lipinski definition) is 0. The third kappa shape index (κ3) is 6.73. The molecule has 54 heavy (non-hydrogen) atoms. The molecule has 0 N–H and O–H groups in total. The normalized spacial score (nSPS) is 17.2. The Morgan fingerprint density at radius 2 is 1.00 bits per heavy atom. The molecule has 0 unspecified atom stereocenters. The van der Waals surface area contributed by atoms with Crippen LogP contribution in [-0.2, 0) is 42.9 Å². The molecule has 0 heterocycles. The Morgan fingerprint density at radius 1 is 0.593 bits per heavy atom. The van der Waals surface area contributed by atoms with E-state index in [2.05, 4.69) is 186 Å². The molecule has 4 aromatic rings. The van der Waals surface area contributed by atoms with Crippen molar-refractivity contribution < 1.29 is 46.1 Å². The van der Waals surface area contributed by atoms with Gasteiger partial charge in [-0.2, -0.15) is 0 Å². The molecule has 4 aliphatic rings. The fraction of sp³-hybridized carbons (Fsp3) is 0.353. The van der Waals surface area contributed by atoms with E-state index >= 15 is 0 Å². The summed E-state index contributed by atoms with van der Waals surface area (Å²) in [6.45, 7) is 28.2. The zero-order valence-corrected chi connectivity index (χ0v) is 38.3. The van der Waals surface area contributed by atoms with E-state index in [0.717, 1.165) is 6.42 Å². The van der Waals surface area contributed by atoms with Crippen molar-refractivity contribution in [2.45, 2.75) is 115 Å².